The highest BCUT2D eigenvalue weighted by atomic mass is 16.5. The van der Waals surface area contributed by atoms with Crippen molar-refractivity contribution in [3.8, 4) is 17.2 Å². The molecule has 5 aromatic rings. The number of nitrogens with zero attached hydrogens (tertiary/aromatic N) is 2. The Labute approximate surface area is 236 Å². The first kappa shape index (κ1) is 26.9. The second-order valence-corrected chi connectivity index (χ2v) is 8.90. The van der Waals surface area contributed by atoms with Crippen molar-refractivity contribution in [2.75, 3.05) is 24.9 Å². The fourth-order valence-corrected chi connectivity index (χ4v) is 4.26. The maximum atomic E-state index is 13.3. The number of fused-ring (bicyclic) bond motifs is 1. The van der Waals surface area contributed by atoms with Gasteiger partial charge < -0.3 is 25.2 Å². The van der Waals surface area contributed by atoms with Crippen molar-refractivity contribution >= 4 is 45.3 Å². The van der Waals surface area contributed by atoms with Gasteiger partial charge in [-0.2, -0.15) is 0 Å². The van der Waals surface area contributed by atoms with E-state index in [1.165, 1.54) is 7.11 Å². The summed E-state index contributed by atoms with van der Waals surface area (Å²) in [6.45, 7) is 0. The van der Waals surface area contributed by atoms with E-state index < -0.39 is 5.91 Å². The maximum Gasteiger partial charge on any atom is 0.259 e. The number of methoxy groups -OCH3 is 2. The Morgan fingerprint density at radius 3 is 2.17 bits per heavy atom. The van der Waals surface area contributed by atoms with Crippen molar-refractivity contribution in [1.82, 2.24) is 0 Å². The molecule has 9 heteroatoms. The first-order valence-electron chi connectivity index (χ1n) is 12.6. The number of para-hydroxylation sites is 2. The van der Waals surface area contributed by atoms with Crippen LogP contribution >= 0.6 is 0 Å². The minimum absolute atomic E-state index is 0.00842. The maximum absolute atomic E-state index is 13.3. The second kappa shape index (κ2) is 12.0. The molecule has 0 bridgehead atoms. The summed E-state index contributed by atoms with van der Waals surface area (Å²) in [7, 11) is 3.07. The topological polar surface area (TPSA) is 122 Å². The van der Waals surface area contributed by atoms with E-state index in [2.05, 4.69) is 20.9 Å². The Kier molecular flexibility index (Phi) is 7.87. The normalized spacial score (nSPS) is 10.9. The number of anilines is 2. The molecule has 0 fully saturated rings. The molecule has 0 aliphatic rings. The number of azo groups is 1. The van der Waals surface area contributed by atoms with Gasteiger partial charge in [0, 0.05) is 11.1 Å². The van der Waals surface area contributed by atoms with E-state index in [9.17, 15) is 14.7 Å². The Hall–Kier alpha value is -5.70. The molecule has 0 atom stereocenters. The third-order valence-electron chi connectivity index (χ3n) is 6.35. The zero-order valence-electron chi connectivity index (χ0n) is 22.3. The fraction of sp³-hybridized carbons (Fsp3) is 0.0625. The van der Waals surface area contributed by atoms with Gasteiger partial charge in [0.2, 0.25) is 0 Å². The van der Waals surface area contributed by atoms with Crippen LogP contribution in [0, 0.1) is 0 Å². The lowest BCUT2D eigenvalue weighted by atomic mass is 10.0. The summed E-state index contributed by atoms with van der Waals surface area (Å²) in [4.78, 5) is 26.4. The van der Waals surface area contributed by atoms with Crippen LogP contribution in [0.3, 0.4) is 0 Å². The average Bonchev–Trinajstić information content (AvgIpc) is 3.01. The van der Waals surface area contributed by atoms with E-state index in [-0.39, 0.29) is 34.2 Å². The lowest BCUT2D eigenvalue weighted by Gasteiger charge is -2.13. The van der Waals surface area contributed by atoms with E-state index >= 15 is 0 Å². The molecule has 0 spiro atoms. The zero-order valence-corrected chi connectivity index (χ0v) is 22.3. The minimum Gasteiger partial charge on any atom is -0.505 e. The van der Waals surface area contributed by atoms with E-state index in [1.807, 2.05) is 12.1 Å². The van der Waals surface area contributed by atoms with E-state index in [0.717, 1.165) is 0 Å². The number of carbonyl (C=O) groups excluding carboxylic acids is 2. The molecule has 41 heavy (non-hydrogen) atoms. The standard InChI is InChI=1S/C32H26N4O5/c1-40-22-17-15-21(16-18-22)33-31(38)24-11-5-6-12-26(24)35-36-29-23-10-4-3-9-20(23)19-25(30(29)37)32(39)34-27-13-7-8-14-28(27)41-2/h3-19,37H,1-2H3,(H,33,38)(H,34,39). The first-order chi connectivity index (χ1) is 20.0. The molecule has 0 heterocycles. The van der Waals surface area contributed by atoms with Crippen LogP contribution in [0.25, 0.3) is 10.8 Å². The van der Waals surface area contributed by atoms with Crippen LogP contribution < -0.4 is 20.1 Å². The number of hydrogen-bond acceptors (Lipinski definition) is 7. The Morgan fingerprint density at radius 1 is 0.707 bits per heavy atom. The quantitative estimate of drug-likeness (QED) is 0.174. The summed E-state index contributed by atoms with van der Waals surface area (Å²) in [5.41, 5.74) is 1.70. The van der Waals surface area contributed by atoms with Gasteiger partial charge in [0.15, 0.2) is 5.75 Å². The number of rotatable bonds is 8. The van der Waals surface area contributed by atoms with Gasteiger partial charge in [-0.25, -0.2) is 0 Å². The number of aromatic hydroxyl groups is 1. The molecule has 0 aromatic heterocycles. The summed E-state index contributed by atoms with van der Waals surface area (Å²) in [5.74, 6) is -0.133. The number of benzene rings is 5. The molecule has 2 amide bonds. The summed E-state index contributed by atoms with van der Waals surface area (Å²) >= 11 is 0. The number of amides is 2. The Balaban J connectivity index is 1.49. The molecule has 0 radical (unpaired) electrons. The molecule has 0 aliphatic carbocycles. The van der Waals surface area contributed by atoms with Crippen LogP contribution in [-0.4, -0.2) is 31.1 Å². The number of phenolic OH excluding ortho intramolecular Hbond substituents is 1. The van der Waals surface area contributed by atoms with Crippen LogP contribution in [0.2, 0.25) is 0 Å². The number of ether oxygens (including phenoxy) is 2. The van der Waals surface area contributed by atoms with Crippen LogP contribution in [0.4, 0.5) is 22.7 Å². The highest BCUT2D eigenvalue weighted by molar-refractivity contribution is 6.12. The molecule has 9 nitrogen and oxygen atoms in total. The molecule has 0 saturated heterocycles. The largest absolute Gasteiger partial charge is 0.505 e. The van der Waals surface area contributed by atoms with Crippen LogP contribution in [0.5, 0.6) is 17.2 Å². The van der Waals surface area contributed by atoms with Gasteiger partial charge in [0.05, 0.1) is 36.7 Å². The first-order valence-corrected chi connectivity index (χ1v) is 12.6. The molecule has 5 rings (SSSR count). The predicted molar refractivity (Wildman–Crippen MR) is 158 cm³/mol. The van der Waals surface area contributed by atoms with Crippen LogP contribution in [0.15, 0.2) is 113 Å². The summed E-state index contributed by atoms with van der Waals surface area (Å²) in [5, 5.41) is 26.8. The lowest BCUT2D eigenvalue weighted by Crippen LogP contribution is -2.13. The van der Waals surface area contributed by atoms with Crippen molar-refractivity contribution in [1.29, 1.82) is 0 Å². The van der Waals surface area contributed by atoms with Crippen LogP contribution in [0.1, 0.15) is 20.7 Å². The predicted octanol–water partition coefficient (Wildman–Crippen LogP) is 7.48. The van der Waals surface area contributed by atoms with Gasteiger partial charge in [0.25, 0.3) is 11.8 Å². The summed E-state index contributed by atoms with van der Waals surface area (Å²) in [6, 6.07) is 29.4. The summed E-state index contributed by atoms with van der Waals surface area (Å²) in [6.07, 6.45) is 0. The zero-order chi connectivity index (χ0) is 28.8. The third-order valence-corrected chi connectivity index (χ3v) is 6.35. The molecule has 3 N–H and O–H groups in total. The minimum atomic E-state index is -0.548. The van der Waals surface area contributed by atoms with Gasteiger partial charge in [-0.1, -0.05) is 48.5 Å². The third kappa shape index (κ3) is 5.84. The van der Waals surface area contributed by atoms with Crippen molar-refractivity contribution in [2.24, 2.45) is 10.2 Å². The lowest BCUT2D eigenvalue weighted by molar-refractivity contribution is 0.101. The van der Waals surface area contributed by atoms with Gasteiger partial charge in [0.1, 0.15) is 17.2 Å². The molecule has 204 valence electrons. The van der Waals surface area contributed by atoms with Gasteiger partial charge in [-0.05, 0) is 60.0 Å². The van der Waals surface area contributed by atoms with Gasteiger partial charge >= 0.3 is 0 Å². The summed E-state index contributed by atoms with van der Waals surface area (Å²) < 4.78 is 10.5. The molecule has 0 unspecified atom stereocenters. The smallest absolute Gasteiger partial charge is 0.259 e. The van der Waals surface area contributed by atoms with Crippen LogP contribution in [-0.2, 0) is 0 Å². The van der Waals surface area contributed by atoms with Crippen molar-refractivity contribution in [3.05, 3.63) is 114 Å². The monoisotopic (exact) mass is 546 g/mol. The number of nitrogens with one attached hydrogen (secondary N) is 2. The van der Waals surface area contributed by atoms with Gasteiger partial charge in [-0.15, -0.1) is 10.2 Å². The molecular weight excluding hydrogens is 520 g/mol. The molecule has 0 saturated carbocycles. The van der Waals surface area contributed by atoms with Crippen molar-refractivity contribution in [2.45, 2.75) is 0 Å². The highest BCUT2D eigenvalue weighted by Crippen LogP contribution is 2.40. The number of carbonyl (C=O) groups is 2. The second-order valence-electron chi connectivity index (χ2n) is 8.90. The number of hydrogen-bond donors (Lipinski definition) is 3. The highest BCUT2D eigenvalue weighted by Gasteiger charge is 2.20. The van der Waals surface area contributed by atoms with E-state index in [0.29, 0.717) is 33.6 Å². The molecule has 0 aliphatic heterocycles. The van der Waals surface area contributed by atoms with Crippen molar-refractivity contribution in [3.63, 3.8) is 0 Å². The fourth-order valence-electron chi connectivity index (χ4n) is 4.26. The number of phenols is 1. The molecular formula is C32H26N4O5. The SMILES string of the molecule is COc1ccc(NC(=O)c2ccccc2N=Nc2c(O)c(C(=O)Nc3ccccc3OC)cc3ccccc23)cc1. The van der Waals surface area contributed by atoms with Crippen molar-refractivity contribution < 1.29 is 24.2 Å². The van der Waals surface area contributed by atoms with E-state index in [1.54, 1.807) is 98.1 Å². The van der Waals surface area contributed by atoms with Gasteiger partial charge in [-0.3, -0.25) is 9.59 Å². The molecule has 5 aromatic carbocycles. The average molecular weight is 547 g/mol. The Bertz CT molecular complexity index is 1770. The van der Waals surface area contributed by atoms with E-state index in [4.69, 9.17) is 9.47 Å². The Morgan fingerprint density at radius 2 is 1.39 bits per heavy atom.